The fraction of sp³-hybridized carbons (Fsp3) is 0.778. The van der Waals surface area contributed by atoms with Crippen molar-refractivity contribution in [2.24, 2.45) is 0 Å². The Balaban J connectivity index is 2.43. The van der Waals surface area contributed by atoms with E-state index in [9.17, 15) is 9.59 Å². The Morgan fingerprint density at radius 3 is 2.92 bits per heavy atom. The van der Waals surface area contributed by atoms with Crippen LogP contribution in [-0.4, -0.2) is 48.3 Å². The van der Waals surface area contributed by atoms with E-state index in [1.807, 2.05) is 0 Å². The van der Waals surface area contributed by atoms with Gasteiger partial charge in [-0.2, -0.15) is 0 Å². The first-order chi connectivity index (χ1) is 6.15. The summed E-state index contributed by atoms with van der Waals surface area (Å²) in [5.74, 6) is 0.0535. The zero-order valence-electron chi connectivity index (χ0n) is 8.19. The molecule has 1 unspecified atom stereocenters. The van der Waals surface area contributed by atoms with Crippen molar-refractivity contribution in [3.63, 3.8) is 0 Å². The Morgan fingerprint density at radius 1 is 1.69 bits per heavy atom. The molecule has 0 radical (unpaired) electrons. The lowest BCUT2D eigenvalue weighted by atomic mass is 10.2. The normalized spacial score (nSPS) is 21.7. The Bertz CT molecular complexity index is 206. The smallest absolute Gasteiger partial charge is 0.219 e. The number of hydrogen-bond donors (Lipinski definition) is 0. The van der Waals surface area contributed by atoms with Crippen molar-refractivity contribution in [2.45, 2.75) is 25.8 Å². The number of hydrogen-bond acceptors (Lipinski definition) is 2. The highest BCUT2D eigenvalue weighted by atomic mass is 16.2. The van der Waals surface area contributed by atoms with Crippen molar-refractivity contribution in [1.29, 1.82) is 0 Å². The molecule has 0 aromatic rings. The molecule has 1 rings (SSSR count). The maximum atomic E-state index is 10.9. The molecule has 1 fully saturated rings. The van der Waals surface area contributed by atoms with E-state index in [1.54, 1.807) is 23.8 Å². The molecule has 1 saturated heterocycles. The van der Waals surface area contributed by atoms with Gasteiger partial charge in [-0.25, -0.2) is 0 Å². The lowest BCUT2D eigenvalue weighted by molar-refractivity contribution is -0.129. The van der Waals surface area contributed by atoms with Gasteiger partial charge in [-0.3, -0.25) is 9.59 Å². The molecule has 4 nitrogen and oxygen atoms in total. The number of carbonyl (C=O) groups excluding carboxylic acids is 2. The average Bonchev–Trinajstić information content (AvgIpc) is 2.51. The maximum absolute atomic E-state index is 10.9. The first-order valence-electron chi connectivity index (χ1n) is 4.58. The van der Waals surface area contributed by atoms with Crippen LogP contribution in [0.5, 0.6) is 0 Å². The van der Waals surface area contributed by atoms with Gasteiger partial charge in [0.05, 0.1) is 0 Å². The number of likely N-dealkylation sites (tertiary alicyclic amines) is 1. The summed E-state index contributed by atoms with van der Waals surface area (Å²) in [6.07, 6.45) is 2.94. The van der Waals surface area contributed by atoms with Crippen molar-refractivity contribution < 1.29 is 9.59 Å². The van der Waals surface area contributed by atoms with E-state index in [0.29, 0.717) is 6.54 Å². The van der Waals surface area contributed by atoms with Crippen LogP contribution in [-0.2, 0) is 9.59 Å². The molecule has 74 valence electrons. The molecule has 4 heteroatoms. The van der Waals surface area contributed by atoms with E-state index >= 15 is 0 Å². The van der Waals surface area contributed by atoms with E-state index < -0.39 is 0 Å². The van der Waals surface area contributed by atoms with Crippen molar-refractivity contribution in [1.82, 2.24) is 9.80 Å². The minimum Gasteiger partial charge on any atom is -0.344 e. The summed E-state index contributed by atoms with van der Waals surface area (Å²) in [6, 6.07) is 0.228. The van der Waals surface area contributed by atoms with Gasteiger partial charge < -0.3 is 9.80 Å². The Kier molecular flexibility index (Phi) is 3.28. The number of amides is 2. The standard InChI is InChI=1S/C9H16N2O2/c1-8(13)10(2)6-9-4-3-5-11(9)7-12/h7,9H,3-6H2,1-2H3. The van der Waals surface area contributed by atoms with Crippen molar-refractivity contribution in [3.8, 4) is 0 Å². The zero-order chi connectivity index (χ0) is 9.84. The molecule has 1 aliphatic heterocycles. The van der Waals surface area contributed by atoms with Crippen LogP contribution in [0.4, 0.5) is 0 Å². The van der Waals surface area contributed by atoms with Gasteiger partial charge >= 0.3 is 0 Å². The minimum atomic E-state index is 0.0535. The maximum Gasteiger partial charge on any atom is 0.219 e. The molecule has 2 amide bonds. The molecule has 0 aromatic carbocycles. The van der Waals surface area contributed by atoms with Crippen molar-refractivity contribution in [2.75, 3.05) is 20.1 Å². The molecule has 1 heterocycles. The van der Waals surface area contributed by atoms with E-state index in [4.69, 9.17) is 0 Å². The largest absolute Gasteiger partial charge is 0.344 e. The second-order valence-electron chi connectivity index (χ2n) is 3.54. The fourth-order valence-corrected chi connectivity index (χ4v) is 1.64. The monoisotopic (exact) mass is 184 g/mol. The third-order valence-corrected chi connectivity index (χ3v) is 2.58. The first kappa shape index (κ1) is 10.0. The van der Waals surface area contributed by atoms with Gasteiger partial charge in [-0.1, -0.05) is 0 Å². The summed E-state index contributed by atoms with van der Waals surface area (Å²) in [7, 11) is 1.77. The van der Waals surface area contributed by atoms with Gasteiger partial charge in [0, 0.05) is 33.1 Å². The van der Waals surface area contributed by atoms with Gasteiger partial charge in [0.2, 0.25) is 12.3 Å². The molecule has 1 aliphatic rings. The van der Waals surface area contributed by atoms with Gasteiger partial charge in [-0.15, -0.1) is 0 Å². The molecule has 0 bridgehead atoms. The average molecular weight is 184 g/mol. The molecule has 0 saturated carbocycles. The van der Waals surface area contributed by atoms with Crippen molar-refractivity contribution >= 4 is 12.3 Å². The molecule has 0 N–H and O–H groups in total. The highest BCUT2D eigenvalue weighted by Gasteiger charge is 2.24. The Hall–Kier alpha value is -1.06. The molecule has 13 heavy (non-hydrogen) atoms. The number of carbonyl (C=O) groups is 2. The van der Waals surface area contributed by atoms with Crippen LogP contribution in [0.25, 0.3) is 0 Å². The lowest BCUT2D eigenvalue weighted by Gasteiger charge is -2.25. The molecule has 0 aliphatic carbocycles. The third kappa shape index (κ3) is 2.44. The minimum absolute atomic E-state index is 0.0535. The van der Waals surface area contributed by atoms with E-state index in [0.717, 1.165) is 25.8 Å². The number of likely N-dealkylation sites (N-methyl/N-ethyl adjacent to an activating group) is 1. The van der Waals surface area contributed by atoms with Crippen LogP contribution in [0.15, 0.2) is 0 Å². The molecular weight excluding hydrogens is 168 g/mol. The molecule has 1 atom stereocenters. The topological polar surface area (TPSA) is 40.6 Å². The van der Waals surface area contributed by atoms with Crippen LogP contribution in [0, 0.1) is 0 Å². The third-order valence-electron chi connectivity index (χ3n) is 2.58. The van der Waals surface area contributed by atoms with Gasteiger partial charge in [-0.05, 0) is 12.8 Å². The van der Waals surface area contributed by atoms with E-state index in [-0.39, 0.29) is 11.9 Å². The van der Waals surface area contributed by atoms with E-state index in [1.165, 1.54) is 0 Å². The predicted octanol–water partition coefficient (Wildman–Crippen LogP) is 0.0855. The van der Waals surface area contributed by atoms with Gasteiger partial charge in [0.25, 0.3) is 0 Å². The first-order valence-corrected chi connectivity index (χ1v) is 4.58. The number of rotatable bonds is 3. The lowest BCUT2D eigenvalue weighted by Crippen LogP contribution is -2.39. The Morgan fingerprint density at radius 2 is 2.38 bits per heavy atom. The number of nitrogens with zero attached hydrogens (tertiary/aromatic N) is 2. The summed E-state index contributed by atoms with van der Waals surface area (Å²) in [6.45, 7) is 3.04. The van der Waals surface area contributed by atoms with Crippen molar-refractivity contribution in [3.05, 3.63) is 0 Å². The highest BCUT2D eigenvalue weighted by Crippen LogP contribution is 2.15. The highest BCUT2D eigenvalue weighted by molar-refractivity contribution is 5.72. The second kappa shape index (κ2) is 4.25. The van der Waals surface area contributed by atoms with Crippen LogP contribution >= 0.6 is 0 Å². The van der Waals surface area contributed by atoms with Crippen LogP contribution in [0.1, 0.15) is 19.8 Å². The molecule has 0 aromatic heterocycles. The summed E-state index contributed by atoms with van der Waals surface area (Å²) >= 11 is 0. The summed E-state index contributed by atoms with van der Waals surface area (Å²) in [4.78, 5) is 25.0. The molecular formula is C9H16N2O2. The molecule has 0 spiro atoms. The van der Waals surface area contributed by atoms with Crippen LogP contribution in [0.3, 0.4) is 0 Å². The summed E-state index contributed by atoms with van der Waals surface area (Å²) < 4.78 is 0. The van der Waals surface area contributed by atoms with E-state index in [2.05, 4.69) is 0 Å². The zero-order valence-corrected chi connectivity index (χ0v) is 8.19. The van der Waals surface area contributed by atoms with Crippen LogP contribution < -0.4 is 0 Å². The van der Waals surface area contributed by atoms with Gasteiger partial charge in [0.1, 0.15) is 0 Å². The second-order valence-corrected chi connectivity index (χ2v) is 3.54. The summed E-state index contributed by atoms with van der Waals surface area (Å²) in [5.41, 5.74) is 0. The summed E-state index contributed by atoms with van der Waals surface area (Å²) in [5, 5.41) is 0. The van der Waals surface area contributed by atoms with Gasteiger partial charge in [0.15, 0.2) is 0 Å². The Labute approximate surface area is 78.5 Å². The van der Waals surface area contributed by atoms with Crippen LogP contribution in [0.2, 0.25) is 0 Å². The SMILES string of the molecule is CC(=O)N(C)CC1CCCN1C=O. The fourth-order valence-electron chi connectivity index (χ4n) is 1.64. The quantitative estimate of drug-likeness (QED) is 0.583. The predicted molar refractivity (Wildman–Crippen MR) is 49.1 cm³/mol.